The smallest absolute Gasteiger partial charge is 0.191 e. The molecule has 0 atom stereocenters. The Bertz CT molecular complexity index is 245. The van der Waals surface area contributed by atoms with Crippen molar-refractivity contribution in [1.29, 1.82) is 0 Å². The second-order valence-electron chi connectivity index (χ2n) is 5.16. The van der Waals surface area contributed by atoms with Gasteiger partial charge in [-0.05, 0) is 44.4 Å². The first kappa shape index (κ1) is 12.7. The van der Waals surface area contributed by atoms with E-state index in [0.29, 0.717) is 0 Å². The second-order valence-corrected chi connectivity index (χ2v) is 5.16. The van der Waals surface area contributed by atoms with Crippen LogP contribution in [0.15, 0.2) is 4.99 Å². The quantitative estimate of drug-likeness (QED) is 0.435. The number of likely N-dealkylation sites (tertiary alicyclic amines) is 1. The summed E-state index contributed by atoms with van der Waals surface area (Å²) in [5.41, 5.74) is 5.96. The fourth-order valence-electron chi connectivity index (χ4n) is 2.12. The molecule has 0 bridgehead atoms. The van der Waals surface area contributed by atoms with Crippen LogP contribution in [0, 0.1) is 5.92 Å². The molecular weight excluding hydrogens is 214 g/mol. The van der Waals surface area contributed by atoms with Crippen molar-refractivity contribution >= 4 is 5.96 Å². The molecular formula is C13H25N3O. The molecule has 0 radical (unpaired) electrons. The summed E-state index contributed by atoms with van der Waals surface area (Å²) in [4.78, 5) is 6.62. The fraction of sp³-hybridized carbons (Fsp3) is 0.923. The Kier molecular flexibility index (Phi) is 5.10. The van der Waals surface area contributed by atoms with Crippen molar-refractivity contribution in [2.24, 2.45) is 16.6 Å². The molecule has 1 aliphatic heterocycles. The van der Waals surface area contributed by atoms with E-state index in [1.807, 2.05) is 0 Å². The molecule has 1 saturated carbocycles. The van der Waals surface area contributed by atoms with E-state index in [9.17, 15) is 0 Å². The van der Waals surface area contributed by atoms with Crippen molar-refractivity contribution in [3.8, 4) is 0 Å². The normalized spacial score (nSPS) is 21.9. The first-order valence-corrected chi connectivity index (χ1v) is 6.99. The number of piperidine rings is 1. The molecule has 0 aromatic heterocycles. The number of aliphatic imine (C=N–C) groups is 1. The molecule has 2 aliphatic rings. The maximum atomic E-state index is 5.96. The van der Waals surface area contributed by atoms with Crippen molar-refractivity contribution in [2.75, 3.05) is 32.8 Å². The molecule has 0 aromatic rings. The minimum Gasteiger partial charge on any atom is -0.381 e. The number of nitrogens with two attached hydrogens (primary N) is 1. The summed E-state index contributed by atoms with van der Waals surface area (Å²) in [5.74, 6) is 1.59. The monoisotopic (exact) mass is 239 g/mol. The van der Waals surface area contributed by atoms with Crippen LogP contribution in [0.25, 0.3) is 0 Å². The van der Waals surface area contributed by atoms with Crippen LogP contribution in [-0.4, -0.2) is 43.7 Å². The van der Waals surface area contributed by atoms with Crippen LogP contribution in [0.3, 0.4) is 0 Å². The van der Waals surface area contributed by atoms with Gasteiger partial charge in [-0.1, -0.05) is 0 Å². The van der Waals surface area contributed by atoms with Crippen molar-refractivity contribution in [2.45, 2.75) is 38.5 Å². The van der Waals surface area contributed by atoms with Gasteiger partial charge in [-0.25, -0.2) is 0 Å². The lowest BCUT2D eigenvalue weighted by atomic mass is 10.1. The summed E-state index contributed by atoms with van der Waals surface area (Å²) in [6, 6.07) is 0. The molecule has 98 valence electrons. The number of nitrogens with zero attached hydrogens (tertiary/aromatic N) is 2. The van der Waals surface area contributed by atoms with Gasteiger partial charge < -0.3 is 15.4 Å². The first-order valence-electron chi connectivity index (χ1n) is 6.99. The molecule has 1 saturated heterocycles. The molecule has 1 heterocycles. The molecule has 0 aromatic carbocycles. The molecule has 0 amide bonds. The lowest BCUT2D eigenvalue weighted by Gasteiger charge is -2.27. The Hall–Kier alpha value is -0.770. The maximum absolute atomic E-state index is 5.96. The molecule has 2 N–H and O–H groups in total. The molecule has 17 heavy (non-hydrogen) atoms. The molecule has 2 fully saturated rings. The van der Waals surface area contributed by atoms with E-state index in [-0.39, 0.29) is 0 Å². The summed E-state index contributed by atoms with van der Waals surface area (Å²) in [6.45, 7) is 4.73. The van der Waals surface area contributed by atoms with E-state index in [1.165, 1.54) is 32.1 Å². The van der Waals surface area contributed by atoms with E-state index in [4.69, 9.17) is 10.5 Å². The molecule has 4 heteroatoms. The number of rotatable bonds is 6. The van der Waals surface area contributed by atoms with Gasteiger partial charge in [0.25, 0.3) is 0 Å². The van der Waals surface area contributed by atoms with Crippen molar-refractivity contribution in [3.05, 3.63) is 0 Å². The zero-order chi connectivity index (χ0) is 11.9. The van der Waals surface area contributed by atoms with Crippen molar-refractivity contribution < 1.29 is 4.74 Å². The summed E-state index contributed by atoms with van der Waals surface area (Å²) < 4.78 is 5.56. The van der Waals surface area contributed by atoms with E-state index >= 15 is 0 Å². The number of ether oxygens (including phenoxy) is 1. The van der Waals surface area contributed by atoms with Gasteiger partial charge in [0.2, 0.25) is 0 Å². The molecule has 0 spiro atoms. The summed E-state index contributed by atoms with van der Waals surface area (Å²) >= 11 is 0. The Morgan fingerprint density at radius 2 is 2.00 bits per heavy atom. The first-order chi connectivity index (χ1) is 8.36. The largest absolute Gasteiger partial charge is 0.381 e. The standard InChI is InChI=1S/C13H25N3O/c14-13(16-8-2-1-3-9-16)15-7-4-10-17-11-12-5-6-12/h12H,1-11H2,(H2,14,15). The fourth-order valence-corrected chi connectivity index (χ4v) is 2.12. The molecule has 4 nitrogen and oxygen atoms in total. The molecule has 1 aliphatic carbocycles. The van der Waals surface area contributed by atoms with Gasteiger partial charge in [0.1, 0.15) is 0 Å². The van der Waals surface area contributed by atoms with Crippen LogP contribution in [0.4, 0.5) is 0 Å². The van der Waals surface area contributed by atoms with Crippen LogP contribution in [0.1, 0.15) is 38.5 Å². The predicted octanol–water partition coefficient (Wildman–Crippen LogP) is 1.60. The number of hydrogen-bond donors (Lipinski definition) is 1. The summed E-state index contributed by atoms with van der Waals surface area (Å²) in [7, 11) is 0. The van der Waals surface area contributed by atoms with Gasteiger partial charge in [0, 0.05) is 32.8 Å². The lowest BCUT2D eigenvalue weighted by Crippen LogP contribution is -2.40. The average molecular weight is 239 g/mol. The SMILES string of the molecule is NC(=NCCCOCC1CC1)N1CCCCC1. The van der Waals surface area contributed by atoms with Gasteiger partial charge in [0.05, 0.1) is 0 Å². The number of hydrogen-bond acceptors (Lipinski definition) is 2. The van der Waals surface area contributed by atoms with Crippen LogP contribution in [0.5, 0.6) is 0 Å². The Balaban J connectivity index is 1.51. The van der Waals surface area contributed by atoms with Gasteiger partial charge >= 0.3 is 0 Å². The Morgan fingerprint density at radius 3 is 2.71 bits per heavy atom. The molecule has 0 unspecified atom stereocenters. The van der Waals surface area contributed by atoms with Gasteiger partial charge in [-0.15, -0.1) is 0 Å². The lowest BCUT2D eigenvalue weighted by molar-refractivity contribution is 0.123. The minimum absolute atomic E-state index is 0.729. The highest BCUT2D eigenvalue weighted by atomic mass is 16.5. The van der Waals surface area contributed by atoms with Gasteiger partial charge in [0.15, 0.2) is 5.96 Å². The Labute approximate surface area is 104 Å². The summed E-state index contributed by atoms with van der Waals surface area (Å²) in [6.07, 6.45) is 7.54. The predicted molar refractivity (Wildman–Crippen MR) is 70.1 cm³/mol. The highest BCUT2D eigenvalue weighted by Crippen LogP contribution is 2.28. The highest BCUT2D eigenvalue weighted by Gasteiger charge is 2.20. The van der Waals surface area contributed by atoms with E-state index < -0.39 is 0 Å². The summed E-state index contributed by atoms with van der Waals surface area (Å²) in [5, 5.41) is 0. The van der Waals surface area contributed by atoms with E-state index in [1.54, 1.807) is 0 Å². The van der Waals surface area contributed by atoms with E-state index in [0.717, 1.165) is 51.1 Å². The zero-order valence-corrected chi connectivity index (χ0v) is 10.7. The third-order valence-electron chi connectivity index (χ3n) is 3.45. The maximum Gasteiger partial charge on any atom is 0.191 e. The average Bonchev–Trinajstić information content (AvgIpc) is 3.18. The third kappa shape index (κ3) is 4.94. The topological polar surface area (TPSA) is 50.9 Å². The minimum atomic E-state index is 0.729. The van der Waals surface area contributed by atoms with Crippen molar-refractivity contribution in [1.82, 2.24) is 4.90 Å². The second kappa shape index (κ2) is 6.84. The Morgan fingerprint density at radius 1 is 1.24 bits per heavy atom. The van der Waals surface area contributed by atoms with Gasteiger partial charge in [-0.2, -0.15) is 0 Å². The van der Waals surface area contributed by atoms with Crippen LogP contribution < -0.4 is 5.73 Å². The highest BCUT2D eigenvalue weighted by molar-refractivity contribution is 5.78. The van der Waals surface area contributed by atoms with E-state index in [2.05, 4.69) is 9.89 Å². The van der Waals surface area contributed by atoms with Crippen LogP contribution in [0.2, 0.25) is 0 Å². The zero-order valence-electron chi connectivity index (χ0n) is 10.7. The van der Waals surface area contributed by atoms with Crippen LogP contribution in [-0.2, 0) is 4.74 Å². The van der Waals surface area contributed by atoms with Crippen LogP contribution >= 0.6 is 0 Å². The molecule has 2 rings (SSSR count). The third-order valence-corrected chi connectivity index (χ3v) is 3.45. The van der Waals surface area contributed by atoms with Crippen molar-refractivity contribution in [3.63, 3.8) is 0 Å². The van der Waals surface area contributed by atoms with Gasteiger partial charge in [-0.3, -0.25) is 4.99 Å². The number of guanidine groups is 1.